The second-order valence-electron chi connectivity index (χ2n) is 5.46. The maximum atomic E-state index is 12.6. The van der Waals surface area contributed by atoms with Crippen LogP contribution in [0.25, 0.3) is 0 Å². The molecular weight excluding hydrogens is 333 g/mol. The maximum absolute atomic E-state index is 12.6. The van der Waals surface area contributed by atoms with E-state index >= 15 is 0 Å². The zero-order chi connectivity index (χ0) is 16.8. The number of anilines is 1. The first-order valence-electron chi connectivity index (χ1n) is 8.11. The van der Waals surface area contributed by atoms with E-state index in [0.29, 0.717) is 17.8 Å². The number of carbonyl (C=O) groups excluding carboxylic acids is 2. The van der Waals surface area contributed by atoms with Crippen molar-refractivity contribution in [2.45, 2.75) is 39.5 Å². The molecule has 0 saturated heterocycles. The molecular formula is C18H22KNO4. The molecule has 0 unspecified atom stereocenters. The number of ketones is 1. The number of carbonyl (C=O) groups is 2. The molecule has 0 fully saturated rings. The molecule has 0 N–H and O–H groups in total. The number of hydrogen-bond donors (Lipinski definition) is 0. The van der Waals surface area contributed by atoms with Crippen LogP contribution in [0.15, 0.2) is 35.8 Å². The molecule has 1 amide bonds. The fraction of sp³-hybridized carbons (Fsp3) is 0.444. The Morgan fingerprint density at radius 1 is 1.12 bits per heavy atom. The largest absolute Gasteiger partial charge is 1.00 e. The van der Waals surface area contributed by atoms with E-state index in [2.05, 4.69) is 6.92 Å². The van der Waals surface area contributed by atoms with Crippen molar-refractivity contribution in [1.29, 1.82) is 0 Å². The van der Waals surface area contributed by atoms with Gasteiger partial charge in [0.1, 0.15) is 5.57 Å². The minimum absolute atomic E-state index is 0. The third kappa shape index (κ3) is 4.70. The first-order chi connectivity index (χ1) is 11.1. The van der Waals surface area contributed by atoms with Gasteiger partial charge in [0.2, 0.25) is 5.78 Å². The van der Waals surface area contributed by atoms with Crippen LogP contribution in [0.5, 0.6) is 0 Å². The monoisotopic (exact) mass is 355 g/mol. The van der Waals surface area contributed by atoms with Crippen LogP contribution >= 0.6 is 0 Å². The van der Waals surface area contributed by atoms with Crippen LogP contribution in [0.4, 0.5) is 5.69 Å². The number of unbranched alkanes of at least 4 members (excludes halogenated alkanes) is 3. The van der Waals surface area contributed by atoms with E-state index in [1.165, 1.54) is 4.90 Å². The van der Waals surface area contributed by atoms with Crippen LogP contribution in [0.1, 0.15) is 49.9 Å². The third-order valence-electron chi connectivity index (χ3n) is 3.84. The average molecular weight is 355 g/mol. The number of nitrogens with zero attached hydrogens (tertiary/aromatic N) is 1. The maximum Gasteiger partial charge on any atom is 1.00 e. The van der Waals surface area contributed by atoms with Crippen molar-refractivity contribution in [3.63, 3.8) is 0 Å². The number of ether oxygens (including phenoxy) is 1. The Hall–Kier alpha value is -0.664. The summed E-state index contributed by atoms with van der Waals surface area (Å²) < 4.78 is 4.88. The number of benzene rings is 1. The molecule has 0 saturated carbocycles. The van der Waals surface area contributed by atoms with Crippen LogP contribution in [-0.2, 0) is 9.53 Å². The summed E-state index contributed by atoms with van der Waals surface area (Å²) in [5, 5.41) is 12.0. The van der Waals surface area contributed by atoms with Crippen molar-refractivity contribution in [2.75, 3.05) is 18.1 Å². The molecule has 2 rings (SSSR count). The van der Waals surface area contributed by atoms with E-state index in [4.69, 9.17) is 4.74 Å². The van der Waals surface area contributed by atoms with Crippen LogP contribution in [0.2, 0.25) is 0 Å². The molecule has 0 radical (unpaired) electrons. The molecule has 1 heterocycles. The summed E-state index contributed by atoms with van der Waals surface area (Å²) in [6, 6.07) is 6.90. The summed E-state index contributed by atoms with van der Waals surface area (Å²) in [6.45, 7) is 4.38. The van der Waals surface area contributed by atoms with Crippen LogP contribution in [0, 0.1) is 0 Å². The molecule has 1 aliphatic heterocycles. The van der Waals surface area contributed by atoms with E-state index in [-0.39, 0.29) is 63.6 Å². The number of hydrogen-bond acceptors (Lipinski definition) is 4. The molecule has 0 atom stereocenters. The SMILES string of the molecule is CCCCCCN1C(=O)/C(=C(\[O-])OCC)C(=O)c2ccccc21.[K+]. The number of fused-ring (bicyclic) bond motifs is 1. The zero-order valence-corrected chi connectivity index (χ0v) is 17.8. The average Bonchev–Trinajstić information content (AvgIpc) is 2.54. The smallest absolute Gasteiger partial charge is 0.613 e. The summed E-state index contributed by atoms with van der Waals surface area (Å²) in [5.41, 5.74) is 0.568. The summed E-state index contributed by atoms with van der Waals surface area (Å²) in [7, 11) is 0. The number of Topliss-reactive ketones (excluding diaryl/α,β-unsaturated/α-hetero) is 1. The van der Waals surface area contributed by atoms with Gasteiger partial charge in [-0.05, 0) is 25.2 Å². The molecule has 0 spiro atoms. The zero-order valence-electron chi connectivity index (χ0n) is 14.6. The van der Waals surface area contributed by atoms with Gasteiger partial charge in [-0.2, -0.15) is 0 Å². The molecule has 1 aromatic rings. The van der Waals surface area contributed by atoms with E-state index in [0.717, 1.165) is 25.7 Å². The Labute approximate surface area is 185 Å². The van der Waals surface area contributed by atoms with Gasteiger partial charge in [-0.15, -0.1) is 0 Å². The molecule has 6 heteroatoms. The fourth-order valence-electron chi connectivity index (χ4n) is 2.68. The molecule has 1 aliphatic rings. The van der Waals surface area contributed by atoms with Crippen molar-refractivity contribution in [1.82, 2.24) is 0 Å². The van der Waals surface area contributed by atoms with Gasteiger partial charge < -0.3 is 14.7 Å². The topological polar surface area (TPSA) is 69.7 Å². The Kier molecular flexibility index (Phi) is 9.22. The number of para-hydroxylation sites is 1. The fourth-order valence-corrected chi connectivity index (χ4v) is 2.68. The summed E-state index contributed by atoms with van der Waals surface area (Å²) in [6.07, 6.45) is 4.03. The Bertz CT molecular complexity index is 627. The van der Waals surface area contributed by atoms with Crippen molar-refractivity contribution in [3.8, 4) is 0 Å². The van der Waals surface area contributed by atoms with E-state index in [1.54, 1.807) is 31.2 Å². The van der Waals surface area contributed by atoms with E-state index < -0.39 is 17.6 Å². The predicted octanol–water partition coefficient (Wildman–Crippen LogP) is -0.591. The van der Waals surface area contributed by atoms with Crippen LogP contribution in [-0.4, -0.2) is 24.8 Å². The quantitative estimate of drug-likeness (QED) is 0.216. The molecule has 0 aromatic heterocycles. The van der Waals surface area contributed by atoms with Gasteiger partial charge in [0, 0.05) is 12.1 Å². The molecule has 1 aromatic carbocycles. The molecule has 0 aliphatic carbocycles. The molecule has 124 valence electrons. The Balaban J connectivity index is 0.00000288. The van der Waals surface area contributed by atoms with Gasteiger partial charge in [-0.3, -0.25) is 9.59 Å². The summed E-state index contributed by atoms with van der Waals surface area (Å²) >= 11 is 0. The van der Waals surface area contributed by atoms with Crippen molar-refractivity contribution < 1.29 is 70.8 Å². The first-order valence-corrected chi connectivity index (χ1v) is 8.11. The normalized spacial score (nSPS) is 15.7. The molecule has 5 nitrogen and oxygen atoms in total. The van der Waals surface area contributed by atoms with E-state index in [1.807, 2.05) is 0 Å². The summed E-state index contributed by atoms with van der Waals surface area (Å²) in [5.74, 6) is -1.94. The summed E-state index contributed by atoms with van der Waals surface area (Å²) in [4.78, 5) is 26.7. The van der Waals surface area contributed by atoms with Crippen molar-refractivity contribution >= 4 is 17.4 Å². The van der Waals surface area contributed by atoms with Gasteiger partial charge >= 0.3 is 51.4 Å². The Morgan fingerprint density at radius 2 is 1.83 bits per heavy atom. The van der Waals surface area contributed by atoms with Crippen LogP contribution < -0.4 is 61.4 Å². The van der Waals surface area contributed by atoms with Gasteiger partial charge in [0.05, 0.1) is 11.6 Å². The van der Waals surface area contributed by atoms with Gasteiger partial charge in [0.25, 0.3) is 5.91 Å². The van der Waals surface area contributed by atoms with Crippen molar-refractivity contribution in [3.05, 3.63) is 41.3 Å². The standard InChI is InChI=1S/C18H23NO4.K/c1-3-5-6-9-12-19-14-11-8-7-10-13(14)16(20)15(17(19)21)18(22)23-4-2;/h7-8,10-11,22H,3-6,9,12H2,1-2H3;/q;+1/p-1/b18-15+;. The van der Waals surface area contributed by atoms with Gasteiger partial charge in [-0.25, -0.2) is 0 Å². The number of rotatable bonds is 7. The second kappa shape index (κ2) is 10.4. The molecule has 0 bridgehead atoms. The van der Waals surface area contributed by atoms with E-state index in [9.17, 15) is 14.7 Å². The number of amides is 1. The van der Waals surface area contributed by atoms with Crippen molar-refractivity contribution in [2.24, 2.45) is 0 Å². The minimum Gasteiger partial charge on any atom is -0.613 e. The van der Waals surface area contributed by atoms with Crippen LogP contribution in [0.3, 0.4) is 0 Å². The minimum atomic E-state index is -0.837. The third-order valence-corrected chi connectivity index (χ3v) is 3.84. The second-order valence-corrected chi connectivity index (χ2v) is 5.46. The Morgan fingerprint density at radius 3 is 2.50 bits per heavy atom. The van der Waals surface area contributed by atoms with Gasteiger partial charge in [0.15, 0.2) is 0 Å². The first kappa shape index (κ1) is 21.4. The molecule has 24 heavy (non-hydrogen) atoms. The van der Waals surface area contributed by atoms with Gasteiger partial charge in [-0.1, -0.05) is 45.2 Å². The predicted molar refractivity (Wildman–Crippen MR) is 85.9 cm³/mol.